The first-order valence-corrected chi connectivity index (χ1v) is 3.43. The third kappa shape index (κ3) is 2.21. The van der Waals surface area contributed by atoms with E-state index in [0.29, 0.717) is 0 Å². The average Bonchev–Trinajstić information content (AvgIpc) is 2.13. The number of hydrogen-bond donors (Lipinski definition) is 6. The maximum Gasteiger partial charge on any atom is 0.350 e. The van der Waals surface area contributed by atoms with Gasteiger partial charge in [-0.3, -0.25) is 0 Å². The molecule has 0 fully saturated rings. The Morgan fingerprint density at radius 1 is 0.933 bits per heavy atom. The van der Waals surface area contributed by atoms with Crippen LogP contribution in [0.1, 0.15) is 0 Å². The number of hydrogen-bond acceptors (Lipinski definition) is 6. The van der Waals surface area contributed by atoms with Gasteiger partial charge >= 0.3 is 17.9 Å². The summed E-state index contributed by atoms with van der Waals surface area (Å²) in [7, 11) is 0. The van der Waals surface area contributed by atoms with E-state index in [4.69, 9.17) is 30.6 Å². The summed E-state index contributed by atoms with van der Waals surface area (Å²) >= 11 is 0. The van der Waals surface area contributed by atoms with Gasteiger partial charge in [-0.2, -0.15) is 0 Å². The van der Waals surface area contributed by atoms with Crippen molar-refractivity contribution in [3.8, 4) is 0 Å². The van der Waals surface area contributed by atoms with Crippen LogP contribution < -0.4 is 0 Å². The van der Waals surface area contributed by atoms with Gasteiger partial charge < -0.3 is 30.6 Å². The Bertz CT molecular complexity index is 281. The van der Waals surface area contributed by atoms with Gasteiger partial charge in [0.1, 0.15) is 6.10 Å². The molecule has 0 spiro atoms. The molecular formula is C6H8O9. The predicted molar refractivity (Wildman–Crippen MR) is 39.9 cm³/mol. The molecule has 0 amide bonds. The van der Waals surface area contributed by atoms with Gasteiger partial charge in [-0.25, -0.2) is 14.4 Å². The molecule has 0 bridgehead atoms. The maximum atomic E-state index is 10.3. The molecular weight excluding hydrogens is 216 g/mol. The van der Waals surface area contributed by atoms with Gasteiger partial charge in [-0.05, 0) is 0 Å². The Balaban J connectivity index is 5.20. The van der Waals surface area contributed by atoms with Gasteiger partial charge in [0.15, 0.2) is 6.10 Å². The van der Waals surface area contributed by atoms with E-state index in [1.165, 1.54) is 0 Å². The van der Waals surface area contributed by atoms with Gasteiger partial charge in [0.05, 0.1) is 0 Å². The van der Waals surface area contributed by atoms with Crippen molar-refractivity contribution in [3.05, 3.63) is 0 Å². The summed E-state index contributed by atoms with van der Waals surface area (Å²) in [4.78, 5) is 30.8. The second-order valence-electron chi connectivity index (χ2n) is 2.60. The van der Waals surface area contributed by atoms with Crippen LogP contribution in [0.2, 0.25) is 0 Å². The Labute approximate surface area is 81.8 Å². The molecule has 15 heavy (non-hydrogen) atoms. The molecule has 0 aromatic carbocycles. The fraction of sp³-hybridized carbons (Fsp3) is 0.500. The maximum absolute atomic E-state index is 10.3. The first-order valence-electron chi connectivity index (χ1n) is 3.43. The Hall–Kier alpha value is -1.71. The van der Waals surface area contributed by atoms with Crippen LogP contribution in [-0.2, 0) is 14.4 Å². The third-order valence-electron chi connectivity index (χ3n) is 1.63. The molecule has 0 aromatic rings. The lowest BCUT2D eigenvalue weighted by molar-refractivity contribution is -0.199. The molecule has 0 aliphatic carbocycles. The molecule has 0 aromatic heterocycles. The molecule has 0 aliphatic rings. The molecule has 0 saturated heterocycles. The fourth-order valence-electron chi connectivity index (χ4n) is 0.708. The van der Waals surface area contributed by atoms with Gasteiger partial charge in [0, 0.05) is 0 Å². The summed E-state index contributed by atoms with van der Waals surface area (Å²) in [6, 6.07) is 0. The largest absolute Gasteiger partial charge is 0.479 e. The molecule has 0 unspecified atom stereocenters. The second-order valence-corrected chi connectivity index (χ2v) is 2.60. The van der Waals surface area contributed by atoms with E-state index in [-0.39, 0.29) is 0 Å². The highest BCUT2D eigenvalue weighted by Crippen LogP contribution is 2.15. The van der Waals surface area contributed by atoms with Crippen LogP contribution in [0.5, 0.6) is 0 Å². The van der Waals surface area contributed by atoms with Crippen molar-refractivity contribution in [3.63, 3.8) is 0 Å². The quantitative estimate of drug-likeness (QED) is 0.261. The number of aliphatic hydroxyl groups is 3. The monoisotopic (exact) mass is 224 g/mol. The van der Waals surface area contributed by atoms with Crippen LogP contribution in [0, 0.1) is 0 Å². The summed E-state index contributed by atoms with van der Waals surface area (Å²) in [5.41, 5.74) is -3.78. The van der Waals surface area contributed by atoms with E-state index in [1.807, 2.05) is 0 Å². The van der Waals surface area contributed by atoms with E-state index in [2.05, 4.69) is 0 Å². The van der Waals surface area contributed by atoms with Gasteiger partial charge in [0.2, 0.25) is 0 Å². The lowest BCUT2D eigenvalue weighted by Gasteiger charge is -2.25. The van der Waals surface area contributed by atoms with Crippen molar-refractivity contribution in [2.75, 3.05) is 0 Å². The molecule has 0 aliphatic heterocycles. The van der Waals surface area contributed by atoms with Crippen molar-refractivity contribution in [2.24, 2.45) is 0 Å². The minimum absolute atomic E-state index is 2.07. The summed E-state index contributed by atoms with van der Waals surface area (Å²) in [6.07, 6.45) is -5.63. The van der Waals surface area contributed by atoms with Crippen LogP contribution in [0.3, 0.4) is 0 Å². The zero-order valence-electron chi connectivity index (χ0n) is 7.06. The average molecular weight is 224 g/mol. The SMILES string of the molecule is O=C(O)[C@H](O)[C@@H](O)C(O)(C(=O)O)C(=O)O. The standard InChI is InChI=1S/C6H8O9/c7-1(3(9)10)2(8)6(15,4(11)12)5(13)14/h1-2,7-8,15H,(H,9,10)(H,11,12)(H,13,14)/t1-,2-/m1/s1. The van der Waals surface area contributed by atoms with E-state index in [0.717, 1.165) is 0 Å². The van der Waals surface area contributed by atoms with Crippen LogP contribution in [0.15, 0.2) is 0 Å². The van der Waals surface area contributed by atoms with Crippen molar-refractivity contribution in [1.82, 2.24) is 0 Å². The van der Waals surface area contributed by atoms with Crippen LogP contribution >= 0.6 is 0 Å². The predicted octanol–water partition coefficient (Wildman–Crippen LogP) is -3.31. The van der Waals surface area contributed by atoms with Crippen molar-refractivity contribution >= 4 is 17.9 Å². The summed E-state index contributed by atoms with van der Waals surface area (Å²) in [6.45, 7) is 0. The third-order valence-corrected chi connectivity index (χ3v) is 1.63. The lowest BCUT2D eigenvalue weighted by atomic mass is 9.93. The van der Waals surface area contributed by atoms with Gasteiger partial charge in [-0.15, -0.1) is 0 Å². The fourth-order valence-corrected chi connectivity index (χ4v) is 0.708. The van der Waals surface area contributed by atoms with Crippen molar-refractivity contribution in [1.29, 1.82) is 0 Å². The van der Waals surface area contributed by atoms with Crippen molar-refractivity contribution < 1.29 is 45.0 Å². The lowest BCUT2D eigenvalue weighted by Crippen LogP contribution is -2.61. The van der Waals surface area contributed by atoms with Crippen molar-refractivity contribution in [2.45, 2.75) is 17.8 Å². The van der Waals surface area contributed by atoms with Crippen LogP contribution in [0.4, 0.5) is 0 Å². The Morgan fingerprint density at radius 3 is 1.47 bits per heavy atom. The molecule has 86 valence electrons. The minimum Gasteiger partial charge on any atom is -0.479 e. The minimum atomic E-state index is -3.78. The molecule has 9 nitrogen and oxygen atoms in total. The summed E-state index contributed by atoms with van der Waals surface area (Å²) < 4.78 is 0. The number of carboxylic acid groups (broad SMARTS) is 3. The highest BCUT2D eigenvalue weighted by atomic mass is 16.5. The molecule has 0 rings (SSSR count). The Kier molecular flexibility index (Phi) is 3.73. The molecule has 2 atom stereocenters. The number of aliphatic hydroxyl groups excluding tert-OH is 2. The van der Waals surface area contributed by atoms with E-state index >= 15 is 0 Å². The number of rotatable bonds is 5. The number of aliphatic carboxylic acids is 3. The van der Waals surface area contributed by atoms with E-state index in [9.17, 15) is 14.4 Å². The van der Waals surface area contributed by atoms with Gasteiger partial charge in [-0.1, -0.05) is 0 Å². The first kappa shape index (κ1) is 13.3. The molecule has 9 heteroatoms. The van der Waals surface area contributed by atoms with Crippen LogP contribution in [-0.4, -0.2) is 66.4 Å². The highest BCUT2D eigenvalue weighted by Gasteiger charge is 2.55. The normalized spacial score (nSPS) is 15.4. The van der Waals surface area contributed by atoms with Gasteiger partial charge in [0.25, 0.3) is 5.60 Å². The zero-order valence-corrected chi connectivity index (χ0v) is 7.06. The van der Waals surface area contributed by atoms with E-state index < -0.39 is 35.7 Å². The first-order chi connectivity index (χ1) is 6.65. The number of carboxylic acids is 3. The molecule has 0 radical (unpaired) electrons. The Morgan fingerprint density at radius 2 is 1.27 bits per heavy atom. The van der Waals surface area contributed by atoms with Crippen LogP contribution in [0.25, 0.3) is 0 Å². The summed E-state index contributed by atoms with van der Waals surface area (Å²) in [5, 5.41) is 51.4. The highest BCUT2D eigenvalue weighted by molar-refractivity contribution is 6.03. The van der Waals surface area contributed by atoms with E-state index in [1.54, 1.807) is 0 Å². The second kappa shape index (κ2) is 4.21. The summed E-state index contributed by atoms with van der Waals surface area (Å²) in [5.74, 6) is -6.84. The molecule has 6 N–H and O–H groups in total. The molecule has 0 saturated carbocycles. The zero-order chi connectivity index (χ0) is 12.4. The molecule has 0 heterocycles. The number of carbonyl (C=O) groups is 3. The smallest absolute Gasteiger partial charge is 0.350 e. The topological polar surface area (TPSA) is 173 Å².